The van der Waals surface area contributed by atoms with Crippen molar-refractivity contribution in [3.8, 4) is 0 Å². The maximum atomic E-state index is 12.5. The van der Waals surface area contributed by atoms with Crippen LogP contribution in [0, 0.1) is 20.8 Å². The highest BCUT2D eigenvalue weighted by molar-refractivity contribution is 5.94. The van der Waals surface area contributed by atoms with E-state index in [9.17, 15) is 4.79 Å². The summed E-state index contributed by atoms with van der Waals surface area (Å²) in [6.45, 7) is 8.20. The topological polar surface area (TPSA) is 93.2 Å². The molecule has 2 rings (SSSR count). The molecule has 1 atom stereocenters. The summed E-state index contributed by atoms with van der Waals surface area (Å²) in [7, 11) is 0. The maximum absolute atomic E-state index is 12.5. The van der Waals surface area contributed by atoms with Crippen LogP contribution in [0.15, 0.2) is 15.1 Å². The van der Waals surface area contributed by atoms with Crippen LogP contribution in [0.5, 0.6) is 0 Å². The Labute approximate surface area is 135 Å². The van der Waals surface area contributed by atoms with Crippen LogP contribution in [0.4, 0.5) is 5.82 Å². The van der Waals surface area contributed by atoms with Gasteiger partial charge in [0.15, 0.2) is 5.82 Å². The number of nitrogens with zero attached hydrogens (tertiary/aromatic N) is 2. The molecule has 0 bridgehead atoms. The van der Waals surface area contributed by atoms with E-state index in [0.717, 1.165) is 36.3 Å². The van der Waals surface area contributed by atoms with Crippen LogP contribution < -0.4 is 10.6 Å². The normalized spacial score (nSPS) is 12.3. The summed E-state index contributed by atoms with van der Waals surface area (Å²) >= 11 is 0. The molecule has 0 fully saturated rings. The van der Waals surface area contributed by atoms with Crippen LogP contribution in [-0.2, 0) is 11.3 Å². The van der Waals surface area contributed by atoms with E-state index in [4.69, 9.17) is 9.05 Å². The molecule has 2 aromatic rings. The fourth-order valence-corrected chi connectivity index (χ4v) is 2.35. The van der Waals surface area contributed by atoms with Crippen molar-refractivity contribution in [1.29, 1.82) is 0 Å². The van der Waals surface area contributed by atoms with Gasteiger partial charge in [0.25, 0.3) is 0 Å². The Morgan fingerprint density at radius 3 is 2.61 bits per heavy atom. The van der Waals surface area contributed by atoms with E-state index in [0.29, 0.717) is 18.1 Å². The third-order valence-electron chi connectivity index (χ3n) is 3.75. The van der Waals surface area contributed by atoms with E-state index >= 15 is 0 Å². The average molecular weight is 320 g/mol. The summed E-state index contributed by atoms with van der Waals surface area (Å²) in [5, 5.41) is 13.8. The molecule has 2 heterocycles. The van der Waals surface area contributed by atoms with Gasteiger partial charge in [0.05, 0.1) is 11.7 Å². The molecule has 0 spiro atoms. The standard InChI is InChI=1S/C16H24N4O3/c1-5-6-7-14(16(21)18-15-8-10(2)22-20-15)17-9-13-11(3)19-23-12(13)4/h8,14,17H,5-7,9H2,1-4H3,(H,18,20,21). The highest BCUT2D eigenvalue weighted by Gasteiger charge is 2.20. The summed E-state index contributed by atoms with van der Waals surface area (Å²) in [5.74, 6) is 1.76. The van der Waals surface area contributed by atoms with Gasteiger partial charge in [-0.2, -0.15) is 0 Å². The van der Waals surface area contributed by atoms with Gasteiger partial charge < -0.3 is 19.7 Å². The Morgan fingerprint density at radius 1 is 1.26 bits per heavy atom. The minimum absolute atomic E-state index is 0.112. The number of anilines is 1. The SMILES string of the molecule is CCCCC(NCc1c(C)noc1C)C(=O)Nc1cc(C)on1. The summed E-state index contributed by atoms with van der Waals surface area (Å²) in [4.78, 5) is 12.5. The highest BCUT2D eigenvalue weighted by Crippen LogP contribution is 2.14. The van der Waals surface area contributed by atoms with Crippen LogP contribution in [0.25, 0.3) is 0 Å². The Hall–Kier alpha value is -2.15. The van der Waals surface area contributed by atoms with E-state index in [1.54, 1.807) is 13.0 Å². The second kappa shape index (κ2) is 7.92. The highest BCUT2D eigenvalue weighted by atomic mass is 16.5. The molecule has 7 heteroatoms. The van der Waals surface area contributed by atoms with Gasteiger partial charge in [0.2, 0.25) is 5.91 Å². The molecule has 2 N–H and O–H groups in total. The molecule has 7 nitrogen and oxygen atoms in total. The molecule has 0 aromatic carbocycles. The molecule has 1 amide bonds. The van der Waals surface area contributed by atoms with Crippen molar-refractivity contribution < 1.29 is 13.8 Å². The second-order valence-corrected chi connectivity index (χ2v) is 5.69. The number of aryl methyl sites for hydroxylation is 3. The Balaban J connectivity index is 1.99. The van der Waals surface area contributed by atoms with Gasteiger partial charge in [-0.05, 0) is 27.2 Å². The largest absolute Gasteiger partial charge is 0.361 e. The van der Waals surface area contributed by atoms with Crippen LogP contribution in [0.2, 0.25) is 0 Å². The molecule has 2 aromatic heterocycles. The van der Waals surface area contributed by atoms with E-state index in [1.165, 1.54) is 0 Å². The Morgan fingerprint density at radius 2 is 2.04 bits per heavy atom. The molecule has 0 aliphatic carbocycles. The van der Waals surface area contributed by atoms with Crippen molar-refractivity contribution in [2.45, 2.75) is 59.5 Å². The minimum Gasteiger partial charge on any atom is -0.361 e. The molecule has 0 saturated carbocycles. The van der Waals surface area contributed by atoms with E-state index in [2.05, 4.69) is 27.9 Å². The zero-order chi connectivity index (χ0) is 16.8. The lowest BCUT2D eigenvalue weighted by molar-refractivity contribution is -0.118. The van der Waals surface area contributed by atoms with Crippen molar-refractivity contribution in [3.63, 3.8) is 0 Å². The molecule has 126 valence electrons. The fraction of sp³-hybridized carbons (Fsp3) is 0.562. The molecule has 0 saturated heterocycles. The molecule has 0 aliphatic heterocycles. The lowest BCUT2D eigenvalue weighted by Gasteiger charge is -2.17. The number of carbonyl (C=O) groups is 1. The first kappa shape index (κ1) is 17.2. The number of hydrogen-bond acceptors (Lipinski definition) is 6. The van der Waals surface area contributed by atoms with Crippen molar-refractivity contribution in [1.82, 2.24) is 15.6 Å². The van der Waals surface area contributed by atoms with Crippen molar-refractivity contribution in [3.05, 3.63) is 28.8 Å². The summed E-state index contributed by atoms with van der Waals surface area (Å²) in [5.41, 5.74) is 1.84. The van der Waals surface area contributed by atoms with E-state index < -0.39 is 0 Å². The van der Waals surface area contributed by atoms with Crippen molar-refractivity contribution in [2.24, 2.45) is 0 Å². The number of rotatable bonds is 8. The van der Waals surface area contributed by atoms with Gasteiger partial charge >= 0.3 is 0 Å². The quantitative estimate of drug-likeness (QED) is 0.777. The van der Waals surface area contributed by atoms with Crippen LogP contribution in [0.1, 0.15) is 49.0 Å². The van der Waals surface area contributed by atoms with E-state index in [1.807, 2.05) is 13.8 Å². The third-order valence-corrected chi connectivity index (χ3v) is 3.75. The molecule has 0 radical (unpaired) electrons. The predicted molar refractivity (Wildman–Crippen MR) is 86.0 cm³/mol. The van der Waals surface area contributed by atoms with Gasteiger partial charge in [0, 0.05) is 18.2 Å². The first-order valence-corrected chi connectivity index (χ1v) is 7.90. The minimum atomic E-state index is -0.305. The number of hydrogen-bond donors (Lipinski definition) is 2. The lowest BCUT2D eigenvalue weighted by Crippen LogP contribution is -2.40. The average Bonchev–Trinajstić information content (AvgIpc) is 3.06. The first-order chi connectivity index (χ1) is 11.0. The number of carbonyl (C=O) groups excluding carboxylic acids is 1. The Kier molecular flexibility index (Phi) is 5.92. The molecular weight excluding hydrogens is 296 g/mol. The van der Waals surface area contributed by atoms with Crippen LogP contribution in [-0.4, -0.2) is 22.3 Å². The van der Waals surface area contributed by atoms with Crippen molar-refractivity contribution >= 4 is 11.7 Å². The molecule has 0 aliphatic rings. The summed E-state index contributed by atoms with van der Waals surface area (Å²) in [6.07, 6.45) is 2.74. The smallest absolute Gasteiger partial charge is 0.242 e. The lowest BCUT2D eigenvalue weighted by atomic mass is 10.1. The monoisotopic (exact) mass is 320 g/mol. The third kappa shape index (κ3) is 4.66. The van der Waals surface area contributed by atoms with Crippen molar-refractivity contribution in [2.75, 3.05) is 5.32 Å². The molecule has 1 unspecified atom stereocenters. The van der Waals surface area contributed by atoms with Crippen LogP contribution in [0.3, 0.4) is 0 Å². The van der Waals surface area contributed by atoms with E-state index in [-0.39, 0.29) is 11.9 Å². The molecular formula is C16H24N4O3. The Bertz CT molecular complexity index is 628. The number of nitrogens with one attached hydrogen (secondary N) is 2. The van der Waals surface area contributed by atoms with Gasteiger partial charge in [0.1, 0.15) is 11.5 Å². The van der Waals surface area contributed by atoms with Gasteiger partial charge in [-0.25, -0.2) is 0 Å². The van der Waals surface area contributed by atoms with Gasteiger partial charge in [-0.3, -0.25) is 4.79 Å². The second-order valence-electron chi connectivity index (χ2n) is 5.69. The number of unbranched alkanes of at least 4 members (excludes halogenated alkanes) is 1. The van der Waals surface area contributed by atoms with Gasteiger partial charge in [-0.1, -0.05) is 30.1 Å². The predicted octanol–water partition coefficient (Wildman–Crippen LogP) is 2.87. The fourth-order valence-electron chi connectivity index (χ4n) is 2.35. The first-order valence-electron chi connectivity index (χ1n) is 7.90. The summed E-state index contributed by atoms with van der Waals surface area (Å²) < 4.78 is 10.1. The van der Waals surface area contributed by atoms with Crippen LogP contribution >= 0.6 is 0 Å². The molecule has 23 heavy (non-hydrogen) atoms. The number of aromatic nitrogens is 2. The van der Waals surface area contributed by atoms with Gasteiger partial charge in [-0.15, -0.1) is 0 Å². The zero-order valence-electron chi connectivity index (χ0n) is 14.1. The maximum Gasteiger partial charge on any atom is 0.242 e. The summed E-state index contributed by atoms with van der Waals surface area (Å²) in [6, 6.07) is 1.39. The zero-order valence-corrected chi connectivity index (χ0v) is 14.1. The number of amides is 1.